The van der Waals surface area contributed by atoms with E-state index in [1.165, 1.54) is 32.1 Å². The van der Waals surface area contributed by atoms with Gasteiger partial charge in [0, 0.05) is 18.2 Å². The molecular formula is C15H21N5S. The van der Waals surface area contributed by atoms with Gasteiger partial charge in [0.15, 0.2) is 5.16 Å². The summed E-state index contributed by atoms with van der Waals surface area (Å²) in [6.45, 7) is 2.00. The molecule has 1 aliphatic carbocycles. The molecule has 1 atom stereocenters. The molecule has 6 heteroatoms. The fraction of sp³-hybridized carbons (Fsp3) is 0.733. The molecular weight excluding hydrogens is 282 g/mol. The smallest absolute Gasteiger partial charge is 0.191 e. The van der Waals surface area contributed by atoms with Gasteiger partial charge in [-0.15, -0.1) is 10.2 Å². The van der Waals surface area contributed by atoms with Gasteiger partial charge in [0.25, 0.3) is 0 Å². The Bertz CT molecular complexity index is 533. The Balaban J connectivity index is 2.00. The van der Waals surface area contributed by atoms with Crippen LogP contribution >= 0.6 is 11.8 Å². The summed E-state index contributed by atoms with van der Waals surface area (Å²) in [7, 11) is 0. The average molecular weight is 303 g/mol. The molecule has 1 fully saturated rings. The van der Waals surface area contributed by atoms with Crippen molar-refractivity contribution in [3.05, 3.63) is 5.82 Å². The fourth-order valence-electron chi connectivity index (χ4n) is 2.81. The van der Waals surface area contributed by atoms with Crippen LogP contribution in [0.1, 0.15) is 56.8 Å². The quantitative estimate of drug-likeness (QED) is 0.750. The highest BCUT2D eigenvalue weighted by molar-refractivity contribution is 7.99. The summed E-state index contributed by atoms with van der Waals surface area (Å²) >= 11 is 1.60. The second kappa shape index (κ2) is 8.05. The van der Waals surface area contributed by atoms with E-state index in [0.29, 0.717) is 24.6 Å². The molecule has 1 unspecified atom stereocenters. The van der Waals surface area contributed by atoms with Crippen LogP contribution in [0.4, 0.5) is 0 Å². The number of thioether (sulfide) groups is 1. The molecule has 1 heterocycles. The van der Waals surface area contributed by atoms with Crippen molar-refractivity contribution in [2.75, 3.05) is 5.75 Å². The van der Waals surface area contributed by atoms with E-state index in [0.717, 1.165) is 11.0 Å². The van der Waals surface area contributed by atoms with Crippen molar-refractivity contribution in [1.29, 1.82) is 10.5 Å². The molecule has 0 spiro atoms. The van der Waals surface area contributed by atoms with Crippen molar-refractivity contribution < 1.29 is 0 Å². The van der Waals surface area contributed by atoms with Crippen molar-refractivity contribution in [2.45, 2.75) is 63.1 Å². The van der Waals surface area contributed by atoms with Gasteiger partial charge >= 0.3 is 0 Å². The topological polar surface area (TPSA) is 78.3 Å². The zero-order valence-electron chi connectivity index (χ0n) is 12.5. The molecule has 0 amide bonds. The predicted molar refractivity (Wildman–Crippen MR) is 81.6 cm³/mol. The molecule has 0 bridgehead atoms. The van der Waals surface area contributed by atoms with E-state index in [-0.39, 0.29) is 5.92 Å². The van der Waals surface area contributed by atoms with Crippen LogP contribution in [0.15, 0.2) is 5.16 Å². The highest BCUT2D eigenvalue weighted by Crippen LogP contribution is 2.33. The SMILES string of the molecule is Cc1nnc(SCC(C#N)CCC#N)n1C1CCCCC1. The highest BCUT2D eigenvalue weighted by atomic mass is 32.2. The first-order chi connectivity index (χ1) is 10.3. The fourth-order valence-corrected chi connectivity index (χ4v) is 3.92. The zero-order valence-corrected chi connectivity index (χ0v) is 13.3. The molecule has 112 valence electrons. The van der Waals surface area contributed by atoms with Crippen molar-refractivity contribution in [2.24, 2.45) is 5.92 Å². The Labute approximate surface area is 130 Å². The summed E-state index contributed by atoms with van der Waals surface area (Å²) in [5, 5.41) is 27.2. The summed E-state index contributed by atoms with van der Waals surface area (Å²) in [5.41, 5.74) is 0. The lowest BCUT2D eigenvalue weighted by Gasteiger charge is -2.25. The molecule has 5 nitrogen and oxygen atoms in total. The lowest BCUT2D eigenvalue weighted by molar-refractivity contribution is 0.332. The van der Waals surface area contributed by atoms with Crippen LogP contribution in [0, 0.1) is 35.5 Å². The molecule has 0 aromatic carbocycles. The molecule has 1 aromatic heterocycles. The third-order valence-corrected chi connectivity index (χ3v) is 5.08. The van der Waals surface area contributed by atoms with E-state index in [1.807, 2.05) is 6.92 Å². The predicted octanol–water partition coefficient (Wildman–Crippen LogP) is 3.63. The van der Waals surface area contributed by atoms with Crippen molar-refractivity contribution in [1.82, 2.24) is 14.8 Å². The Morgan fingerprint density at radius 2 is 2.05 bits per heavy atom. The Morgan fingerprint density at radius 1 is 1.29 bits per heavy atom. The van der Waals surface area contributed by atoms with Gasteiger partial charge in [0.05, 0.1) is 18.1 Å². The first kappa shape index (κ1) is 15.9. The van der Waals surface area contributed by atoms with Gasteiger partial charge in [-0.1, -0.05) is 31.0 Å². The third kappa shape index (κ3) is 4.22. The summed E-state index contributed by atoms with van der Waals surface area (Å²) in [4.78, 5) is 0. The molecule has 2 rings (SSSR count). The molecule has 1 aliphatic rings. The van der Waals surface area contributed by atoms with E-state index < -0.39 is 0 Å². The second-order valence-electron chi connectivity index (χ2n) is 5.53. The number of aryl methyl sites for hydroxylation is 1. The standard InChI is InChI=1S/C15H21N5S/c1-12-18-19-15(20(12)14-7-3-2-4-8-14)21-11-13(10-17)6-5-9-16/h13-14H,2-8,11H2,1H3. The van der Waals surface area contributed by atoms with Crippen LogP contribution in [0.25, 0.3) is 0 Å². The lowest BCUT2D eigenvalue weighted by Crippen LogP contribution is -2.15. The summed E-state index contributed by atoms with van der Waals surface area (Å²) in [6, 6.07) is 4.90. The summed E-state index contributed by atoms with van der Waals surface area (Å²) < 4.78 is 2.25. The van der Waals surface area contributed by atoms with Gasteiger partial charge in [0.1, 0.15) is 5.82 Å². The Morgan fingerprint density at radius 3 is 2.71 bits per heavy atom. The molecule has 1 saturated carbocycles. The molecule has 0 aliphatic heterocycles. The van der Waals surface area contributed by atoms with E-state index >= 15 is 0 Å². The number of aromatic nitrogens is 3. The van der Waals surface area contributed by atoms with Crippen molar-refractivity contribution in [3.63, 3.8) is 0 Å². The first-order valence-corrected chi connectivity index (χ1v) is 8.55. The Hall–Kier alpha value is -1.53. The molecule has 0 radical (unpaired) electrons. The average Bonchev–Trinajstić information content (AvgIpc) is 2.89. The Kier molecular flexibility index (Phi) is 6.07. The maximum Gasteiger partial charge on any atom is 0.191 e. The zero-order chi connectivity index (χ0) is 15.1. The highest BCUT2D eigenvalue weighted by Gasteiger charge is 2.22. The van der Waals surface area contributed by atoms with Gasteiger partial charge in [-0.2, -0.15) is 10.5 Å². The first-order valence-electron chi connectivity index (χ1n) is 7.57. The number of hydrogen-bond donors (Lipinski definition) is 0. The second-order valence-corrected chi connectivity index (χ2v) is 6.51. The van der Waals surface area contributed by atoms with Crippen LogP contribution in [0.2, 0.25) is 0 Å². The number of rotatable bonds is 6. The minimum absolute atomic E-state index is 0.0912. The minimum Gasteiger partial charge on any atom is -0.303 e. The summed E-state index contributed by atoms with van der Waals surface area (Å²) in [5.74, 6) is 1.56. The van der Waals surface area contributed by atoms with Gasteiger partial charge in [-0.3, -0.25) is 0 Å². The number of nitriles is 2. The van der Waals surface area contributed by atoms with Crippen LogP contribution in [0.5, 0.6) is 0 Å². The van der Waals surface area contributed by atoms with Crippen LogP contribution in [-0.2, 0) is 0 Å². The number of hydrogen-bond acceptors (Lipinski definition) is 5. The summed E-state index contributed by atoms with van der Waals surface area (Å²) in [6.07, 6.45) is 7.34. The maximum atomic E-state index is 9.14. The molecule has 1 aromatic rings. The van der Waals surface area contributed by atoms with Gasteiger partial charge in [-0.05, 0) is 26.2 Å². The van der Waals surface area contributed by atoms with Gasteiger partial charge < -0.3 is 4.57 Å². The molecule has 0 N–H and O–H groups in total. The van der Waals surface area contributed by atoms with Gasteiger partial charge in [0.2, 0.25) is 0 Å². The van der Waals surface area contributed by atoms with Gasteiger partial charge in [-0.25, -0.2) is 0 Å². The van der Waals surface area contributed by atoms with Crippen LogP contribution in [0.3, 0.4) is 0 Å². The van der Waals surface area contributed by atoms with E-state index in [1.54, 1.807) is 11.8 Å². The van der Waals surface area contributed by atoms with E-state index in [2.05, 4.69) is 26.9 Å². The van der Waals surface area contributed by atoms with Crippen molar-refractivity contribution >= 4 is 11.8 Å². The van der Waals surface area contributed by atoms with Crippen LogP contribution < -0.4 is 0 Å². The maximum absolute atomic E-state index is 9.14. The lowest BCUT2D eigenvalue weighted by atomic mass is 9.95. The molecule has 21 heavy (non-hydrogen) atoms. The minimum atomic E-state index is -0.0912. The van der Waals surface area contributed by atoms with Crippen LogP contribution in [-0.4, -0.2) is 20.5 Å². The largest absolute Gasteiger partial charge is 0.303 e. The van der Waals surface area contributed by atoms with E-state index in [9.17, 15) is 0 Å². The molecule has 0 saturated heterocycles. The third-order valence-electron chi connectivity index (χ3n) is 3.98. The number of nitrogens with zero attached hydrogens (tertiary/aromatic N) is 5. The van der Waals surface area contributed by atoms with Crippen molar-refractivity contribution in [3.8, 4) is 12.1 Å². The monoisotopic (exact) mass is 303 g/mol. The normalized spacial score (nSPS) is 17.1. The van der Waals surface area contributed by atoms with E-state index in [4.69, 9.17) is 10.5 Å².